The Hall–Kier alpha value is -1.93. The largest absolute Gasteiger partial charge is 0.396 e. The van der Waals surface area contributed by atoms with Crippen LogP contribution in [0, 0.1) is 10.1 Å². The predicted molar refractivity (Wildman–Crippen MR) is 58.9 cm³/mol. The molecular formula is C8H13N5O3. The summed E-state index contributed by atoms with van der Waals surface area (Å²) in [5, 5.41) is 22.0. The van der Waals surface area contributed by atoms with Gasteiger partial charge in [0.1, 0.15) is 5.82 Å². The van der Waals surface area contributed by atoms with Crippen molar-refractivity contribution < 1.29 is 10.0 Å². The summed E-state index contributed by atoms with van der Waals surface area (Å²) in [6.45, 7) is 0.411. The van der Waals surface area contributed by atoms with E-state index in [4.69, 9.17) is 10.9 Å². The van der Waals surface area contributed by atoms with Crippen molar-refractivity contribution in [2.45, 2.75) is 6.42 Å². The summed E-state index contributed by atoms with van der Waals surface area (Å²) in [5.74, 6) is 5.61. The molecule has 1 aromatic heterocycles. The first-order valence-electron chi connectivity index (χ1n) is 4.66. The Bertz CT molecular complexity index is 371. The fourth-order valence-corrected chi connectivity index (χ4v) is 1.10. The van der Waals surface area contributed by atoms with Crippen LogP contribution in [0.4, 0.5) is 17.3 Å². The number of hydrazine groups is 1. The highest BCUT2D eigenvalue weighted by molar-refractivity contribution is 5.59. The summed E-state index contributed by atoms with van der Waals surface area (Å²) < 4.78 is 0. The van der Waals surface area contributed by atoms with E-state index in [1.54, 1.807) is 0 Å². The molecule has 0 saturated carbocycles. The SMILES string of the molecule is NNc1ccc([N+](=O)[O-])c(NCCCO)n1. The number of rotatable bonds is 6. The van der Waals surface area contributed by atoms with E-state index in [1.165, 1.54) is 12.1 Å². The van der Waals surface area contributed by atoms with Crippen LogP contribution < -0.4 is 16.6 Å². The molecule has 0 aliphatic heterocycles. The lowest BCUT2D eigenvalue weighted by atomic mass is 10.3. The number of aromatic nitrogens is 1. The zero-order valence-corrected chi connectivity index (χ0v) is 8.51. The molecule has 0 atom stereocenters. The predicted octanol–water partition coefficient (Wildman–Crippen LogP) is 0.0697. The van der Waals surface area contributed by atoms with Crippen LogP contribution in [0.5, 0.6) is 0 Å². The number of anilines is 2. The Kier molecular flexibility index (Phi) is 4.42. The summed E-state index contributed by atoms with van der Waals surface area (Å²) in [5.41, 5.74) is 2.17. The van der Waals surface area contributed by atoms with Gasteiger partial charge in [0.25, 0.3) is 0 Å². The topological polar surface area (TPSA) is 126 Å². The number of aliphatic hydroxyl groups is 1. The van der Waals surface area contributed by atoms with Gasteiger partial charge in [0, 0.05) is 19.2 Å². The van der Waals surface area contributed by atoms with Gasteiger partial charge in [-0.05, 0) is 12.5 Å². The minimum Gasteiger partial charge on any atom is -0.396 e. The molecule has 8 heteroatoms. The van der Waals surface area contributed by atoms with Crippen LogP contribution in [0.1, 0.15) is 6.42 Å². The van der Waals surface area contributed by atoms with Gasteiger partial charge in [0.05, 0.1) is 4.92 Å². The zero-order chi connectivity index (χ0) is 12.0. The highest BCUT2D eigenvalue weighted by Gasteiger charge is 2.15. The maximum Gasteiger partial charge on any atom is 0.311 e. The molecule has 0 saturated heterocycles. The number of aliphatic hydroxyl groups excluding tert-OH is 1. The second-order valence-corrected chi connectivity index (χ2v) is 2.97. The van der Waals surface area contributed by atoms with E-state index in [1.807, 2.05) is 0 Å². The quantitative estimate of drug-likeness (QED) is 0.234. The minimum absolute atomic E-state index is 0.00955. The van der Waals surface area contributed by atoms with Gasteiger partial charge in [-0.1, -0.05) is 0 Å². The minimum atomic E-state index is -0.533. The summed E-state index contributed by atoms with van der Waals surface area (Å²) in [6.07, 6.45) is 0.485. The van der Waals surface area contributed by atoms with Gasteiger partial charge < -0.3 is 15.8 Å². The molecule has 5 N–H and O–H groups in total. The third kappa shape index (κ3) is 3.04. The van der Waals surface area contributed by atoms with Gasteiger partial charge in [0.2, 0.25) is 5.82 Å². The zero-order valence-electron chi connectivity index (χ0n) is 8.51. The lowest BCUT2D eigenvalue weighted by Crippen LogP contribution is -2.12. The number of nitrogen functional groups attached to an aromatic ring is 1. The third-order valence-electron chi connectivity index (χ3n) is 1.85. The number of nitrogens with zero attached hydrogens (tertiary/aromatic N) is 2. The highest BCUT2D eigenvalue weighted by atomic mass is 16.6. The van der Waals surface area contributed by atoms with Crippen LogP contribution >= 0.6 is 0 Å². The van der Waals surface area contributed by atoms with Gasteiger partial charge in [-0.2, -0.15) is 0 Å². The smallest absolute Gasteiger partial charge is 0.311 e. The Morgan fingerprint density at radius 1 is 1.56 bits per heavy atom. The third-order valence-corrected chi connectivity index (χ3v) is 1.85. The van der Waals surface area contributed by atoms with Crippen molar-refractivity contribution in [3.63, 3.8) is 0 Å². The van der Waals surface area contributed by atoms with E-state index in [2.05, 4.69) is 15.7 Å². The fourth-order valence-electron chi connectivity index (χ4n) is 1.10. The Morgan fingerprint density at radius 2 is 2.31 bits per heavy atom. The fraction of sp³-hybridized carbons (Fsp3) is 0.375. The average Bonchev–Trinajstić information content (AvgIpc) is 2.29. The average molecular weight is 227 g/mol. The maximum atomic E-state index is 10.7. The molecule has 0 bridgehead atoms. The molecule has 0 aliphatic carbocycles. The number of nitro groups is 1. The molecule has 0 spiro atoms. The molecular weight excluding hydrogens is 214 g/mol. The number of nitrogens with two attached hydrogens (primary N) is 1. The number of hydrogen-bond donors (Lipinski definition) is 4. The van der Waals surface area contributed by atoms with E-state index >= 15 is 0 Å². The Morgan fingerprint density at radius 3 is 2.88 bits per heavy atom. The summed E-state index contributed by atoms with van der Waals surface area (Å²) in [4.78, 5) is 14.1. The molecule has 0 aliphatic rings. The van der Waals surface area contributed by atoms with E-state index in [9.17, 15) is 10.1 Å². The van der Waals surface area contributed by atoms with Crippen LogP contribution in [-0.2, 0) is 0 Å². The lowest BCUT2D eigenvalue weighted by molar-refractivity contribution is -0.384. The van der Waals surface area contributed by atoms with Gasteiger partial charge in [0.15, 0.2) is 0 Å². The van der Waals surface area contributed by atoms with Crippen molar-refractivity contribution in [2.24, 2.45) is 5.84 Å². The molecule has 0 fully saturated rings. The van der Waals surface area contributed by atoms with E-state index in [-0.39, 0.29) is 18.1 Å². The molecule has 0 amide bonds. The normalized spacial score (nSPS) is 9.88. The van der Waals surface area contributed by atoms with Gasteiger partial charge in [-0.25, -0.2) is 10.8 Å². The molecule has 1 aromatic rings. The molecule has 0 aromatic carbocycles. The molecule has 8 nitrogen and oxygen atoms in total. The molecule has 1 heterocycles. The second-order valence-electron chi connectivity index (χ2n) is 2.97. The number of nitrogens with one attached hydrogen (secondary N) is 2. The second kappa shape index (κ2) is 5.83. The summed E-state index contributed by atoms with van der Waals surface area (Å²) >= 11 is 0. The van der Waals surface area contributed by atoms with Gasteiger partial charge in [-0.15, -0.1) is 0 Å². The molecule has 88 valence electrons. The molecule has 0 unspecified atom stereocenters. The Labute approximate surface area is 91.6 Å². The first-order valence-corrected chi connectivity index (χ1v) is 4.66. The Balaban J connectivity index is 2.87. The first-order chi connectivity index (χ1) is 7.69. The van der Waals surface area contributed by atoms with Crippen molar-refractivity contribution in [3.8, 4) is 0 Å². The van der Waals surface area contributed by atoms with Gasteiger partial charge >= 0.3 is 5.69 Å². The van der Waals surface area contributed by atoms with Gasteiger partial charge in [-0.3, -0.25) is 10.1 Å². The van der Waals surface area contributed by atoms with Crippen LogP contribution in [0.15, 0.2) is 12.1 Å². The van der Waals surface area contributed by atoms with Crippen LogP contribution in [0.3, 0.4) is 0 Å². The van der Waals surface area contributed by atoms with Crippen LogP contribution in [0.25, 0.3) is 0 Å². The van der Waals surface area contributed by atoms with Crippen LogP contribution in [0.2, 0.25) is 0 Å². The van der Waals surface area contributed by atoms with E-state index in [0.717, 1.165) is 0 Å². The van der Waals surface area contributed by atoms with Crippen molar-refractivity contribution in [3.05, 3.63) is 22.2 Å². The standard InChI is InChI=1S/C8H13N5O3/c9-12-7-3-2-6(13(15)16)8(11-7)10-4-1-5-14/h2-3,14H,1,4-5,9H2,(H2,10,11,12). The lowest BCUT2D eigenvalue weighted by Gasteiger charge is -2.06. The van der Waals surface area contributed by atoms with Crippen molar-refractivity contribution >= 4 is 17.3 Å². The molecule has 0 radical (unpaired) electrons. The summed E-state index contributed by atoms with van der Waals surface area (Å²) in [6, 6.07) is 2.72. The first kappa shape index (κ1) is 12.1. The number of hydrogen-bond acceptors (Lipinski definition) is 7. The maximum absolute atomic E-state index is 10.7. The molecule has 16 heavy (non-hydrogen) atoms. The highest BCUT2D eigenvalue weighted by Crippen LogP contribution is 2.23. The van der Waals surface area contributed by atoms with E-state index in [0.29, 0.717) is 18.8 Å². The van der Waals surface area contributed by atoms with Crippen molar-refractivity contribution in [1.82, 2.24) is 4.98 Å². The number of pyridine rings is 1. The molecule has 1 rings (SSSR count). The van der Waals surface area contributed by atoms with Crippen LogP contribution in [-0.4, -0.2) is 28.2 Å². The van der Waals surface area contributed by atoms with Crippen molar-refractivity contribution in [1.29, 1.82) is 0 Å². The summed E-state index contributed by atoms with van der Waals surface area (Å²) in [7, 11) is 0. The van der Waals surface area contributed by atoms with Crippen molar-refractivity contribution in [2.75, 3.05) is 23.9 Å². The monoisotopic (exact) mass is 227 g/mol. The van der Waals surface area contributed by atoms with E-state index < -0.39 is 4.92 Å².